The van der Waals surface area contributed by atoms with E-state index in [0.29, 0.717) is 22.2 Å². The summed E-state index contributed by atoms with van der Waals surface area (Å²) in [5, 5.41) is 11.5. The van der Waals surface area contributed by atoms with Crippen molar-refractivity contribution in [3.63, 3.8) is 0 Å². The Labute approximate surface area is 171 Å². The van der Waals surface area contributed by atoms with Crippen molar-refractivity contribution >= 4 is 16.6 Å². The predicted molar refractivity (Wildman–Crippen MR) is 115 cm³/mol. The van der Waals surface area contributed by atoms with Gasteiger partial charge in [-0.15, -0.1) is 0 Å². The minimum absolute atomic E-state index is 0.0486. The van der Waals surface area contributed by atoms with Crippen molar-refractivity contribution in [3.8, 4) is 5.69 Å². The third-order valence-electron chi connectivity index (χ3n) is 4.98. The number of nitrogens with zero attached hydrogens (tertiary/aromatic N) is 3. The van der Waals surface area contributed by atoms with Crippen LogP contribution in [0.25, 0.3) is 16.6 Å². The maximum atomic E-state index is 13.4. The van der Waals surface area contributed by atoms with E-state index >= 15 is 0 Å². The number of rotatable bonds is 4. The lowest BCUT2D eigenvalue weighted by atomic mass is 10.1. The summed E-state index contributed by atoms with van der Waals surface area (Å²) in [6, 6.07) is 18.6. The molecule has 0 saturated heterocycles. The van der Waals surface area contributed by atoms with Gasteiger partial charge in [0.1, 0.15) is 0 Å². The highest BCUT2D eigenvalue weighted by molar-refractivity contribution is 5.78. The topological polar surface area (TPSA) is 87.1 Å². The molecule has 1 heterocycles. The summed E-state index contributed by atoms with van der Waals surface area (Å²) >= 11 is 0. The van der Waals surface area contributed by atoms with E-state index in [2.05, 4.69) is 0 Å². The van der Waals surface area contributed by atoms with Gasteiger partial charge in [-0.25, -0.2) is 9.36 Å². The molecule has 0 spiro atoms. The lowest BCUT2D eigenvalue weighted by molar-refractivity contribution is -0.384. The number of nitro benzene ring substituents is 1. The molecule has 0 N–H and O–H groups in total. The number of aryl methyl sites for hydroxylation is 2. The van der Waals surface area contributed by atoms with Crippen molar-refractivity contribution in [1.82, 2.24) is 9.13 Å². The van der Waals surface area contributed by atoms with Crippen LogP contribution in [0.5, 0.6) is 0 Å². The van der Waals surface area contributed by atoms with Crippen LogP contribution in [0.2, 0.25) is 0 Å². The third kappa shape index (κ3) is 3.41. The summed E-state index contributed by atoms with van der Waals surface area (Å²) in [7, 11) is 0. The van der Waals surface area contributed by atoms with Crippen LogP contribution < -0.4 is 11.2 Å². The fourth-order valence-corrected chi connectivity index (χ4v) is 3.73. The lowest BCUT2D eigenvalue weighted by Crippen LogP contribution is -2.39. The highest BCUT2D eigenvalue weighted by atomic mass is 16.6. The first-order valence-electron chi connectivity index (χ1n) is 9.42. The maximum Gasteiger partial charge on any atom is 0.336 e. The molecular formula is C23H19N3O4. The summed E-state index contributed by atoms with van der Waals surface area (Å²) in [5.41, 5.74) is 2.53. The Bertz CT molecular complexity index is 1400. The predicted octanol–water partition coefficient (Wildman–Crippen LogP) is 3.73. The van der Waals surface area contributed by atoms with E-state index in [9.17, 15) is 19.7 Å². The van der Waals surface area contributed by atoms with E-state index in [1.807, 2.05) is 19.9 Å². The second-order valence-corrected chi connectivity index (χ2v) is 7.30. The summed E-state index contributed by atoms with van der Waals surface area (Å²) in [4.78, 5) is 37.3. The van der Waals surface area contributed by atoms with Crippen molar-refractivity contribution in [2.45, 2.75) is 20.4 Å². The Morgan fingerprint density at radius 3 is 2.30 bits per heavy atom. The molecule has 0 saturated carbocycles. The van der Waals surface area contributed by atoms with E-state index < -0.39 is 16.2 Å². The van der Waals surface area contributed by atoms with E-state index in [-0.39, 0.29) is 12.2 Å². The lowest BCUT2D eigenvalue weighted by Gasteiger charge is -2.15. The van der Waals surface area contributed by atoms with Crippen LogP contribution in [0.15, 0.2) is 76.3 Å². The number of para-hydroxylation sites is 1. The average Bonchev–Trinajstić information content (AvgIpc) is 2.71. The fraction of sp³-hybridized carbons (Fsp3) is 0.130. The smallest absolute Gasteiger partial charge is 0.288 e. The highest BCUT2D eigenvalue weighted by Gasteiger charge is 2.16. The number of hydrogen-bond acceptors (Lipinski definition) is 4. The molecule has 150 valence electrons. The second-order valence-electron chi connectivity index (χ2n) is 7.30. The first-order chi connectivity index (χ1) is 14.3. The zero-order chi connectivity index (χ0) is 21.4. The van der Waals surface area contributed by atoms with E-state index in [1.54, 1.807) is 48.5 Å². The first-order valence-corrected chi connectivity index (χ1v) is 9.42. The van der Waals surface area contributed by atoms with Crippen molar-refractivity contribution in [2.24, 2.45) is 0 Å². The third-order valence-corrected chi connectivity index (χ3v) is 4.98. The molecule has 4 rings (SSSR count). The van der Waals surface area contributed by atoms with Gasteiger partial charge >= 0.3 is 5.69 Å². The van der Waals surface area contributed by atoms with Crippen LogP contribution in [0, 0.1) is 24.0 Å². The van der Waals surface area contributed by atoms with E-state index in [0.717, 1.165) is 11.1 Å². The van der Waals surface area contributed by atoms with E-state index in [4.69, 9.17) is 0 Å². The van der Waals surface area contributed by atoms with Crippen LogP contribution in [0.1, 0.15) is 16.7 Å². The Balaban J connectivity index is 2.00. The normalized spacial score (nSPS) is 11.0. The molecule has 7 nitrogen and oxygen atoms in total. The van der Waals surface area contributed by atoms with Crippen LogP contribution in [0.4, 0.5) is 5.69 Å². The van der Waals surface area contributed by atoms with Gasteiger partial charge in [-0.2, -0.15) is 0 Å². The summed E-state index contributed by atoms with van der Waals surface area (Å²) in [6.45, 7) is 3.92. The van der Waals surface area contributed by atoms with Crippen LogP contribution >= 0.6 is 0 Å². The van der Waals surface area contributed by atoms with Crippen LogP contribution in [-0.2, 0) is 6.54 Å². The molecule has 0 bridgehead atoms. The van der Waals surface area contributed by atoms with Crippen molar-refractivity contribution in [3.05, 3.63) is 114 Å². The zero-order valence-corrected chi connectivity index (χ0v) is 16.5. The van der Waals surface area contributed by atoms with Crippen LogP contribution in [-0.4, -0.2) is 14.1 Å². The maximum absolute atomic E-state index is 13.4. The quantitative estimate of drug-likeness (QED) is 0.385. The van der Waals surface area contributed by atoms with Gasteiger partial charge in [0.05, 0.1) is 28.1 Å². The van der Waals surface area contributed by atoms with Crippen LogP contribution in [0.3, 0.4) is 0 Å². The first kappa shape index (κ1) is 19.3. The number of aromatic nitrogens is 2. The van der Waals surface area contributed by atoms with Gasteiger partial charge in [0.25, 0.3) is 11.2 Å². The minimum atomic E-state index is -0.491. The molecule has 0 aliphatic rings. The van der Waals surface area contributed by atoms with Gasteiger partial charge in [0.2, 0.25) is 0 Å². The van der Waals surface area contributed by atoms with Crippen molar-refractivity contribution in [2.75, 3.05) is 0 Å². The second kappa shape index (κ2) is 7.44. The van der Waals surface area contributed by atoms with Crippen molar-refractivity contribution in [1.29, 1.82) is 0 Å². The van der Waals surface area contributed by atoms with Gasteiger partial charge in [0, 0.05) is 12.1 Å². The average molecular weight is 401 g/mol. The Morgan fingerprint density at radius 1 is 0.900 bits per heavy atom. The molecule has 7 heteroatoms. The van der Waals surface area contributed by atoms with Gasteiger partial charge in [-0.1, -0.05) is 30.3 Å². The zero-order valence-electron chi connectivity index (χ0n) is 16.5. The minimum Gasteiger partial charge on any atom is -0.288 e. The number of hydrogen-bond donors (Lipinski definition) is 0. The molecule has 0 aliphatic carbocycles. The number of non-ortho nitro benzene ring substituents is 1. The van der Waals surface area contributed by atoms with E-state index in [1.165, 1.54) is 21.3 Å². The molecule has 0 atom stereocenters. The highest BCUT2D eigenvalue weighted by Crippen LogP contribution is 2.17. The molecule has 0 radical (unpaired) electrons. The summed E-state index contributed by atoms with van der Waals surface area (Å²) < 4.78 is 2.65. The van der Waals surface area contributed by atoms with Gasteiger partial charge < -0.3 is 0 Å². The fourth-order valence-electron chi connectivity index (χ4n) is 3.73. The standard InChI is InChI=1S/C23H19N3O4/c1-15-10-16(2)12-19(11-15)25-22(27)20-8-3-4-9-21(20)24(23(25)28)14-17-6-5-7-18(13-17)26(29)30/h3-13H,14H2,1-2H3. The largest absolute Gasteiger partial charge is 0.336 e. The van der Waals surface area contributed by atoms with Crippen molar-refractivity contribution < 1.29 is 4.92 Å². The van der Waals surface area contributed by atoms with Gasteiger partial charge in [0.15, 0.2) is 0 Å². The van der Waals surface area contributed by atoms with Gasteiger partial charge in [-0.05, 0) is 54.8 Å². The summed E-state index contributed by atoms with van der Waals surface area (Å²) in [6.07, 6.45) is 0. The van der Waals surface area contributed by atoms with Gasteiger partial charge in [-0.3, -0.25) is 19.5 Å². The number of fused-ring (bicyclic) bond motifs is 1. The molecular weight excluding hydrogens is 382 g/mol. The molecule has 3 aromatic carbocycles. The molecule has 30 heavy (non-hydrogen) atoms. The Kier molecular flexibility index (Phi) is 4.79. The molecule has 0 aliphatic heterocycles. The molecule has 0 fully saturated rings. The molecule has 0 amide bonds. The number of benzene rings is 3. The Hall–Kier alpha value is -4.00. The Morgan fingerprint density at radius 2 is 1.60 bits per heavy atom. The molecule has 0 unspecified atom stereocenters. The number of nitro groups is 1. The summed E-state index contributed by atoms with van der Waals surface area (Å²) in [5.74, 6) is 0. The molecule has 1 aromatic heterocycles. The molecule has 4 aromatic rings. The monoisotopic (exact) mass is 401 g/mol. The SMILES string of the molecule is Cc1cc(C)cc(-n2c(=O)c3ccccc3n(Cc3cccc([N+](=O)[O-])c3)c2=O)c1.